The topological polar surface area (TPSA) is 12.4 Å². The maximum Gasteiger partial charge on any atom is 0.0846 e. The third kappa shape index (κ3) is 1.63. The van der Waals surface area contributed by atoms with Crippen LogP contribution in [0, 0.1) is 5.92 Å². The first-order valence-corrected chi connectivity index (χ1v) is 3.67. The van der Waals surface area contributed by atoms with Crippen molar-refractivity contribution >= 4 is 17.4 Å². The van der Waals surface area contributed by atoms with Crippen molar-refractivity contribution in [3.05, 3.63) is 24.3 Å². The van der Waals surface area contributed by atoms with Gasteiger partial charge in [0.25, 0.3) is 0 Å². The second-order valence-corrected chi connectivity index (χ2v) is 2.52. The Labute approximate surface area is 66.2 Å². The molecule has 0 aliphatic heterocycles. The van der Waals surface area contributed by atoms with Crippen LogP contribution in [0.25, 0.3) is 0 Å². The Morgan fingerprint density at radius 3 is 2.70 bits per heavy atom. The van der Waals surface area contributed by atoms with Crippen molar-refractivity contribution in [2.24, 2.45) is 10.9 Å². The van der Waals surface area contributed by atoms with Crippen molar-refractivity contribution in [2.45, 2.75) is 13.0 Å². The van der Waals surface area contributed by atoms with Gasteiger partial charge in [-0.05, 0) is 12.2 Å². The molecule has 0 bridgehead atoms. The Kier molecular flexibility index (Phi) is 2.55. The summed E-state index contributed by atoms with van der Waals surface area (Å²) in [5, 5.41) is 2.39. The zero-order valence-electron chi connectivity index (χ0n) is 5.82. The molecule has 1 nitrogen and oxygen atoms in total. The minimum atomic E-state index is 0.211. The molecule has 1 aliphatic rings. The zero-order valence-corrected chi connectivity index (χ0v) is 6.64. The largest absolute Gasteiger partial charge is 0.224 e. The van der Waals surface area contributed by atoms with Gasteiger partial charge in [0.15, 0.2) is 0 Å². The standard InChI is InChI=1S/C8H9NS/c1-7-4-2-3-5-8(7)9-6-10/h2-5,7-8H,1H3. The summed E-state index contributed by atoms with van der Waals surface area (Å²) in [6, 6.07) is 0.211. The summed E-state index contributed by atoms with van der Waals surface area (Å²) in [4.78, 5) is 3.99. The Balaban J connectivity index is 2.69. The highest BCUT2D eigenvalue weighted by Gasteiger charge is 2.10. The van der Waals surface area contributed by atoms with Crippen LogP contribution in [0.15, 0.2) is 29.3 Å². The van der Waals surface area contributed by atoms with Gasteiger partial charge in [-0.1, -0.05) is 31.2 Å². The van der Waals surface area contributed by atoms with E-state index in [0.717, 1.165) is 0 Å². The van der Waals surface area contributed by atoms with Crippen molar-refractivity contribution in [3.8, 4) is 0 Å². The van der Waals surface area contributed by atoms with E-state index in [1.807, 2.05) is 18.2 Å². The first-order chi connectivity index (χ1) is 4.84. The summed E-state index contributed by atoms with van der Waals surface area (Å²) in [6.07, 6.45) is 8.16. The fraction of sp³-hybridized carbons (Fsp3) is 0.375. The fourth-order valence-electron chi connectivity index (χ4n) is 0.928. The summed E-state index contributed by atoms with van der Waals surface area (Å²) < 4.78 is 0. The number of thiocarbonyl (C=S) groups is 1. The highest BCUT2D eigenvalue weighted by Crippen LogP contribution is 2.13. The number of aliphatic imine (C=N–C) groups is 1. The number of allylic oxidation sites excluding steroid dienone is 2. The smallest absolute Gasteiger partial charge is 0.0846 e. The van der Waals surface area contributed by atoms with Crippen LogP contribution in [0.2, 0.25) is 0 Å². The minimum Gasteiger partial charge on any atom is -0.224 e. The Hall–Kier alpha value is -0.720. The Bertz CT molecular complexity index is 211. The molecule has 0 spiro atoms. The SMILES string of the molecule is CC1C=CC=CC1N=C=S. The molecular formula is C8H9NS. The molecule has 2 unspecified atom stereocenters. The lowest BCUT2D eigenvalue weighted by atomic mass is 9.98. The molecule has 0 saturated carbocycles. The van der Waals surface area contributed by atoms with Crippen molar-refractivity contribution in [3.63, 3.8) is 0 Å². The Morgan fingerprint density at radius 2 is 2.10 bits per heavy atom. The predicted octanol–water partition coefficient (Wildman–Crippen LogP) is 2.22. The van der Waals surface area contributed by atoms with E-state index in [4.69, 9.17) is 0 Å². The maximum absolute atomic E-state index is 4.51. The van der Waals surface area contributed by atoms with Gasteiger partial charge >= 0.3 is 0 Å². The number of hydrogen-bond acceptors (Lipinski definition) is 2. The molecule has 1 rings (SSSR count). The van der Waals surface area contributed by atoms with E-state index < -0.39 is 0 Å². The lowest BCUT2D eigenvalue weighted by Crippen LogP contribution is -2.11. The van der Waals surface area contributed by atoms with Crippen molar-refractivity contribution in [2.75, 3.05) is 0 Å². The number of rotatable bonds is 1. The summed E-state index contributed by atoms with van der Waals surface area (Å²) in [5.41, 5.74) is 0. The monoisotopic (exact) mass is 151 g/mol. The van der Waals surface area contributed by atoms with Gasteiger partial charge in [0, 0.05) is 5.92 Å². The normalized spacial score (nSPS) is 29.7. The Morgan fingerprint density at radius 1 is 1.40 bits per heavy atom. The van der Waals surface area contributed by atoms with Crippen LogP contribution < -0.4 is 0 Å². The first kappa shape index (κ1) is 7.39. The molecule has 0 fully saturated rings. The molecule has 0 radical (unpaired) electrons. The lowest BCUT2D eigenvalue weighted by molar-refractivity contribution is 0.630. The van der Waals surface area contributed by atoms with Gasteiger partial charge in [-0.2, -0.15) is 0 Å². The molecule has 1 aliphatic carbocycles. The molecule has 0 saturated heterocycles. The summed E-state index contributed by atoms with van der Waals surface area (Å²) in [6.45, 7) is 2.11. The molecule has 0 aromatic heterocycles. The van der Waals surface area contributed by atoms with Gasteiger partial charge in [-0.15, -0.1) is 0 Å². The molecule has 0 aromatic rings. The van der Waals surface area contributed by atoms with E-state index in [1.165, 1.54) is 0 Å². The first-order valence-electron chi connectivity index (χ1n) is 3.26. The van der Waals surface area contributed by atoms with Crippen LogP contribution in [-0.4, -0.2) is 11.2 Å². The minimum absolute atomic E-state index is 0.211. The third-order valence-electron chi connectivity index (χ3n) is 1.57. The molecule has 2 heteroatoms. The van der Waals surface area contributed by atoms with E-state index in [9.17, 15) is 0 Å². The van der Waals surface area contributed by atoms with Crippen LogP contribution >= 0.6 is 12.2 Å². The molecule has 0 aromatic carbocycles. The predicted molar refractivity (Wildman–Crippen MR) is 46.3 cm³/mol. The molecule has 2 atom stereocenters. The van der Waals surface area contributed by atoms with Crippen LogP contribution in [0.1, 0.15) is 6.92 Å². The quantitative estimate of drug-likeness (QED) is 0.413. The molecule has 0 heterocycles. The van der Waals surface area contributed by atoms with Gasteiger partial charge < -0.3 is 0 Å². The van der Waals surface area contributed by atoms with E-state index in [2.05, 4.69) is 35.4 Å². The van der Waals surface area contributed by atoms with Gasteiger partial charge in [-0.3, -0.25) is 0 Å². The van der Waals surface area contributed by atoms with Crippen LogP contribution in [0.4, 0.5) is 0 Å². The number of hydrogen-bond donors (Lipinski definition) is 0. The third-order valence-corrected chi connectivity index (χ3v) is 1.68. The average molecular weight is 151 g/mol. The summed E-state index contributed by atoms with van der Waals surface area (Å²) in [7, 11) is 0. The second-order valence-electron chi connectivity index (χ2n) is 2.34. The molecule has 0 N–H and O–H groups in total. The summed E-state index contributed by atoms with van der Waals surface area (Å²) in [5.74, 6) is 0.459. The van der Waals surface area contributed by atoms with E-state index in [-0.39, 0.29) is 6.04 Å². The molecule has 52 valence electrons. The average Bonchev–Trinajstić information content (AvgIpc) is 1.94. The van der Waals surface area contributed by atoms with Crippen molar-refractivity contribution < 1.29 is 0 Å². The maximum atomic E-state index is 4.51. The highest BCUT2D eigenvalue weighted by atomic mass is 32.1. The van der Waals surface area contributed by atoms with Crippen LogP contribution in [-0.2, 0) is 0 Å². The van der Waals surface area contributed by atoms with Crippen molar-refractivity contribution in [1.29, 1.82) is 0 Å². The number of nitrogens with zero attached hydrogens (tertiary/aromatic N) is 1. The second kappa shape index (κ2) is 3.45. The van der Waals surface area contributed by atoms with Gasteiger partial charge in [-0.25, -0.2) is 4.99 Å². The van der Waals surface area contributed by atoms with Crippen LogP contribution in [0.3, 0.4) is 0 Å². The lowest BCUT2D eigenvalue weighted by Gasteiger charge is -2.13. The molecule has 0 amide bonds. The zero-order chi connectivity index (χ0) is 7.40. The van der Waals surface area contributed by atoms with Gasteiger partial charge in [0.2, 0.25) is 0 Å². The van der Waals surface area contributed by atoms with Crippen molar-refractivity contribution in [1.82, 2.24) is 0 Å². The van der Waals surface area contributed by atoms with Crippen LogP contribution in [0.5, 0.6) is 0 Å². The van der Waals surface area contributed by atoms with Gasteiger partial charge in [0.1, 0.15) is 0 Å². The molecular weight excluding hydrogens is 142 g/mol. The van der Waals surface area contributed by atoms with E-state index >= 15 is 0 Å². The number of isothiocyanates is 1. The fourth-order valence-corrected chi connectivity index (χ4v) is 1.05. The van der Waals surface area contributed by atoms with Gasteiger partial charge in [0.05, 0.1) is 11.2 Å². The highest BCUT2D eigenvalue weighted by molar-refractivity contribution is 7.78. The summed E-state index contributed by atoms with van der Waals surface area (Å²) >= 11 is 4.51. The van der Waals surface area contributed by atoms with E-state index in [0.29, 0.717) is 5.92 Å². The molecule has 10 heavy (non-hydrogen) atoms. The van der Waals surface area contributed by atoms with E-state index in [1.54, 1.807) is 0 Å².